The fourth-order valence-electron chi connectivity index (χ4n) is 3.72. The van der Waals surface area contributed by atoms with Gasteiger partial charge in [0.05, 0.1) is 7.11 Å². The third kappa shape index (κ3) is 4.28. The van der Waals surface area contributed by atoms with Gasteiger partial charge in [0.25, 0.3) is 5.91 Å². The lowest BCUT2D eigenvalue weighted by Gasteiger charge is -2.43. The number of nitrogens with zero attached hydrogens (tertiary/aromatic N) is 1. The Labute approximate surface area is 144 Å². The van der Waals surface area contributed by atoms with E-state index in [2.05, 4.69) is 22.6 Å². The Morgan fingerprint density at radius 3 is 2.79 bits per heavy atom. The summed E-state index contributed by atoms with van der Waals surface area (Å²) in [5.41, 5.74) is 0.667. The zero-order chi connectivity index (χ0) is 16.9. The van der Waals surface area contributed by atoms with E-state index in [-0.39, 0.29) is 5.91 Å². The summed E-state index contributed by atoms with van der Waals surface area (Å²) in [6.07, 6.45) is 4.68. The zero-order valence-corrected chi connectivity index (χ0v) is 14.8. The molecule has 0 spiro atoms. The summed E-state index contributed by atoms with van der Waals surface area (Å²) in [6, 6.07) is 8.22. The number of benzene rings is 1. The predicted molar refractivity (Wildman–Crippen MR) is 95.5 cm³/mol. The molecule has 0 unspecified atom stereocenters. The Bertz CT molecular complexity index is 551. The van der Waals surface area contributed by atoms with Crippen LogP contribution in [0.2, 0.25) is 0 Å². The SMILES string of the molecule is COc1cccc(C(=O)NC2CC(N(C)CC3CCNCC3)C2)c1. The average molecular weight is 331 g/mol. The van der Waals surface area contributed by atoms with Crippen molar-refractivity contribution in [1.29, 1.82) is 0 Å². The first-order valence-electron chi connectivity index (χ1n) is 9.01. The van der Waals surface area contributed by atoms with Gasteiger partial charge in [0.15, 0.2) is 0 Å². The molecule has 0 aromatic heterocycles. The van der Waals surface area contributed by atoms with E-state index in [1.165, 1.54) is 19.4 Å². The molecule has 24 heavy (non-hydrogen) atoms. The van der Waals surface area contributed by atoms with Crippen LogP contribution in [-0.2, 0) is 0 Å². The minimum atomic E-state index is -0.00152. The van der Waals surface area contributed by atoms with E-state index in [9.17, 15) is 4.79 Å². The Kier molecular flexibility index (Phi) is 5.74. The number of amides is 1. The van der Waals surface area contributed by atoms with Crippen molar-refractivity contribution in [3.63, 3.8) is 0 Å². The number of carbonyl (C=O) groups is 1. The number of methoxy groups -OCH3 is 1. The van der Waals surface area contributed by atoms with E-state index in [1.807, 2.05) is 18.2 Å². The number of nitrogens with one attached hydrogen (secondary N) is 2. The van der Waals surface area contributed by atoms with Gasteiger partial charge in [-0.15, -0.1) is 0 Å². The van der Waals surface area contributed by atoms with Crippen molar-refractivity contribution < 1.29 is 9.53 Å². The molecule has 1 saturated heterocycles. The maximum Gasteiger partial charge on any atom is 0.251 e. The summed E-state index contributed by atoms with van der Waals surface area (Å²) >= 11 is 0. The van der Waals surface area contributed by atoms with E-state index < -0.39 is 0 Å². The Morgan fingerprint density at radius 2 is 2.08 bits per heavy atom. The van der Waals surface area contributed by atoms with Gasteiger partial charge in [-0.25, -0.2) is 0 Å². The van der Waals surface area contributed by atoms with Crippen LogP contribution in [0.5, 0.6) is 5.75 Å². The van der Waals surface area contributed by atoms with Crippen molar-refractivity contribution in [2.75, 3.05) is 33.8 Å². The molecule has 1 saturated carbocycles. The molecular weight excluding hydrogens is 302 g/mol. The fourth-order valence-corrected chi connectivity index (χ4v) is 3.72. The van der Waals surface area contributed by atoms with Gasteiger partial charge in [0, 0.05) is 24.2 Å². The monoisotopic (exact) mass is 331 g/mol. The molecule has 5 heteroatoms. The summed E-state index contributed by atoms with van der Waals surface area (Å²) in [7, 11) is 3.85. The molecule has 0 radical (unpaired) electrons. The second kappa shape index (κ2) is 7.99. The quantitative estimate of drug-likeness (QED) is 0.836. The van der Waals surface area contributed by atoms with Crippen LogP contribution in [0.15, 0.2) is 24.3 Å². The van der Waals surface area contributed by atoms with Gasteiger partial charge in [0.1, 0.15) is 5.75 Å². The van der Waals surface area contributed by atoms with Crippen LogP contribution >= 0.6 is 0 Å². The normalized spacial score (nSPS) is 24.5. The van der Waals surface area contributed by atoms with Crippen LogP contribution in [0, 0.1) is 5.92 Å². The lowest BCUT2D eigenvalue weighted by atomic mass is 9.84. The van der Waals surface area contributed by atoms with E-state index in [1.54, 1.807) is 13.2 Å². The molecule has 2 fully saturated rings. The average Bonchev–Trinajstić information content (AvgIpc) is 2.58. The molecule has 2 aliphatic rings. The van der Waals surface area contributed by atoms with Crippen LogP contribution in [0.3, 0.4) is 0 Å². The van der Waals surface area contributed by atoms with Crippen LogP contribution in [0.25, 0.3) is 0 Å². The topological polar surface area (TPSA) is 53.6 Å². The molecule has 1 aliphatic carbocycles. The van der Waals surface area contributed by atoms with Crippen LogP contribution in [0.1, 0.15) is 36.0 Å². The number of hydrogen-bond acceptors (Lipinski definition) is 4. The predicted octanol–water partition coefficient (Wildman–Crippen LogP) is 1.89. The second-order valence-corrected chi connectivity index (χ2v) is 7.16. The Hall–Kier alpha value is -1.59. The fraction of sp³-hybridized carbons (Fsp3) is 0.632. The van der Waals surface area contributed by atoms with E-state index in [0.717, 1.165) is 37.6 Å². The van der Waals surface area contributed by atoms with Crippen LogP contribution in [0.4, 0.5) is 0 Å². The first kappa shape index (κ1) is 17.2. The maximum absolute atomic E-state index is 12.3. The number of rotatable bonds is 6. The highest BCUT2D eigenvalue weighted by atomic mass is 16.5. The lowest BCUT2D eigenvalue weighted by molar-refractivity contribution is 0.0771. The van der Waals surface area contributed by atoms with Crippen molar-refractivity contribution >= 4 is 5.91 Å². The third-order valence-corrected chi connectivity index (χ3v) is 5.41. The Morgan fingerprint density at radius 1 is 1.33 bits per heavy atom. The van der Waals surface area contributed by atoms with Crippen molar-refractivity contribution in [2.45, 2.75) is 37.8 Å². The number of hydrogen-bond donors (Lipinski definition) is 2. The molecule has 3 rings (SSSR count). The smallest absolute Gasteiger partial charge is 0.251 e. The highest BCUT2D eigenvalue weighted by Crippen LogP contribution is 2.27. The number of carbonyl (C=O) groups excluding carboxylic acids is 1. The minimum absolute atomic E-state index is 0.00152. The standard InChI is InChI=1S/C19H29N3O2/c1-22(13-14-6-8-20-9-7-14)17-11-16(12-17)21-19(23)15-4-3-5-18(10-15)24-2/h3-5,10,14,16-17,20H,6-9,11-13H2,1-2H3,(H,21,23). The molecule has 0 atom stereocenters. The van der Waals surface area contributed by atoms with Crippen molar-refractivity contribution in [2.24, 2.45) is 5.92 Å². The summed E-state index contributed by atoms with van der Waals surface area (Å²) in [6.45, 7) is 3.49. The van der Waals surface area contributed by atoms with Crippen LogP contribution < -0.4 is 15.4 Å². The van der Waals surface area contributed by atoms with Gasteiger partial charge in [-0.05, 0) is 69.9 Å². The highest BCUT2D eigenvalue weighted by molar-refractivity contribution is 5.94. The molecule has 1 aromatic rings. The van der Waals surface area contributed by atoms with Gasteiger partial charge >= 0.3 is 0 Å². The highest BCUT2D eigenvalue weighted by Gasteiger charge is 2.34. The number of piperidine rings is 1. The summed E-state index contributed by atoms with van der Waals surface area (Å²) < 4.78 is 5.18. The van der Waals surface area contributed by atoms with E-state index in [4.69, 9.17) is 4.74 Å². The minimum Gasteiger partial charge on any atom is -0.497 e. The van der Waals surface area contributed by atoms with Gasteiger partial charge in [-0.3, -0.25) is 4.79 Å². The van der Waals surface area contributed by atoms with Crippen molar-refractivity contribution in [1.82, 2.24) is 15.5 Å². The van der Waals surface area contributed by atoms with Gasteiger partial charge in [0.2, 0.25) is 0 Å². The third-order valence-electron chi connectivity index (χ3n) is 5.41. The van der Waals surface area contributed by atoms with Crippen molar-refractivity contribution in [3.8, 4) is 5.75 Å². The molecule has 132 valence electrons. The molecule has 1 aromatic carbocycles. The Balaban J connectivity index is 1.42. The summed E-state index contributed by atoms with van der Waals surface area (Å²) in [5.74, 6) is 1.54. The lowest BCUT2D eigenvalue weighted by Crippen LogP contribution is -2.54. The number of ether oxygens (including phenoxy) is 1. The molecule has 0 bridgehead atoms. The summed E-state index contributed by atoms with van der Waals surface area (Å²) in [4.78, 5) is 14.8. The molecule has 2 N–H and O–H groups in total. The molecular formula is C19H29N3O2. The first-order chi connectivity index (χ1) is 11.7. The first-order valence-corrected chi connectivity index (χ1v) is 9.01. The second-order valence-electron chi connectivity index (χ2n) is 7.16. The zero-order valence-electron chi connectivity index (χ0n) is 14.8. The van der Waals surface area contributed by atoms with Crippen molar-refractivity contribution in [3.05, 3.63) is 29.8 Å². The summed E-state index contributed by atoms with van der Waals surface area (Å²) in [5, 5.41) is 6.56. The van der Waals surface area contributed by atoms with Gasteiger partial charge < -0.3 is 20.3 Å². The molecule has 5 nitrogen and oxygen atoms in total. The molecule has 1 heterocycles. The van der Waals surface area contributed by atoms with Gasteiger partial charge in [-0.1, -0.05) is 6.07 Å². The molecule has 1 aliphatic heterocycles. The molecule has 1 amide bonds. The van der Waals surface area contributed by atoms with Gasteiger partial charge in [-0.2, -0.15) is 0 Å². The van der Waals surface area contributed by atoms with E-state index >= 15 is 0 Å². The largest absolute Gasteiger partial charge is 0.497 e. The maximum atomic E-state index is 12.3. The van der Waals surface area contributed by atoms with E-state index in [0.29, 0.717) is 17.6 Å². The van der Waals surface area contributed by atoms with Crippen LogP contribution in [-0.4, -0.2) is 56.7 Å².